The summed E-state index contributed by atoms with van der Waals surface area (Å²) >= 11 is 0. The first-order chi connectivity index (χ1) is 10.1. The summed E-state index contributed by atoms with van der Waals surface area (Å²) in [5, 5.41) is 10.7. The van der Waals surface area contributed by atoms with Crippen molar-refractivity contribution in [1.82, 2.24) is 19.9 Å². The van der Waals surface area contributed by atoms with E-state index >= 15 is 0 Å². The minimum absolute atomic E-state index is 0.202. The second kappa shape index (κ2) is 5.20. The lowest BCUT2D eigenvalue weighted by Crippen LogP contribution is -2.14. The van der Waals surface area contributed by atoms with Gasteiger partial charge in [-0.05, 0) is 19.1 Å². The summed E-state index contributed by atoms with van der Waals surface area (Å²) in [5.41, 5.74) is 1.79. The van der Waals surface area contributed by atoms with Gasteiger partial charge in [-0.15, -0.1) is 0 Å². The van der Waals surface area contributed by atoms with Crippen LogP contribution >= 0.6 is 0 Å². The van der Waals surface area contributed by atoms with Crippen LogP contribution in [0.25, 0.3) is 11.3 Å². The SMILES string of the molecule is Cc1cc(NC(=O)c2cc(-c3cccnc3)on2)n(C)n1. The number of nitrogens with one attached hydrogen (secondary N) is 1. The second-order valence-electron chi connectivity index (χ2n) is 4.57. The smallest absolute Gasteiger partial charge is 0.279 e. The number of nitrogens with zero attached hydrogens (tertiary/aromatic N) is 4. The number of amides is 1. The molecular weight excluding hydrogens is 270 g/mol. The van der Waals surface area contributed by atoms with Crippen LogP contribution in [0.3, 0.4) is 0 Å². The fraction of sp³-hybridized carbons (Fsp3) is 0.143. The zero-order valence-electron chi connectivity index (χ0n) is 11.6. The standard InChI is InChI=1S/C14H13N5O2/c1-9-6-13(19(2)17-9)16-14(20)11-7-12(21-18-11)10-4-3-5-15-8-10/h3-8H,1-2H3,(H,16,20). The minimum atomic E-state index is -0.350. The summed E-state index contributed by atoms with van der Waals surface area (Å²) < 4.78 is 6.76. The molecule has 0 saturated heterocycles. The molecule has 0 atom stereocenters. The van der Waals surface area contributed by atoms with Gasteiger partial charge in [0, 0.05) is 37.1 Å². The molecule has 21 heavy (non-hydrogen) atoms. The predicted molar refractivity (Wildman–Crippen MR) is 75.6 cm³/mol. The van der Waals surface area contributed by atoms with Crippen molar-refractivity contribution in [2.24, 2.45) is 7.05 Å². The molecule has 0 aliphatic carbocycles. The molecule has 0 unspecified atom stereocenters. The van der Waals surface area contributed by atoms with Gasteiger partial charge in [0.15, 0.2) is 11.5 Å². The summed E-state index contributed by atoms with van der Waals surface area (Å²) in [4.78, 5) is 16.1. The second-order valence-corrected chi connectivity index (χ2v) is 4.57. The maximum atomic E-state index is 12.1. The molecule has 0 spiro atoms. The molecule has 7 nitrogen and oxygen atoms in total. The van der Waals surface area contributed by atoms with Crippen molar-refractivity contribution in [2.45, 2.75) is 6.92 Å². The van der Waals surface area contributed by atoms with Crippen LogP contribution in [0.1, 0.15) is 16.2 Å². The quantitative estimate of drug-likeness (QED) is 0.794. The number of rotatable bonds is 3. The highest BCUT2D eigenvalue weighted by Gasteiger charge is 2.15. The van der Waals surface area contributed by atoms with E-state index < -0.39 is 0 Å². The maximum absolute atomic E-state index is 12.1. The van der Waals surface area contributed by atoms with Crippen LogP contribution in [0, 0.1) is 6.92 Å². The normalized spacial score (nSPS) is 10.6. The summed E-state index contributed by atoms with van der Waals surface area (Å²) in [5.74, 6) is 0.745. The van der Waals surface area contributed by atoms with E-state index in [0.717, 1.165) is 11.3 Å². The molecule has 0 aromatic carbocycles. The van der Waals surface area contributed by atoms with Crippen LogP contribution in [0.15, 0.2) is 41.2 Å². The first-order valence-electron chi connectivity index (χ1n) is 6.32. The Morgan fingerprint density at radius 3 is 2.90 bits per heavy atom. The summed E-state index contributed by atoms with van der Waals surface area (Å²) in [6.07, 6.45) is 3.31. The third-order valence-electron chi connectivity index (χ3n) is 2.93. The van der Waals surface area contributed by atoms with Crippen LogP contribution in [0.4, 0.5) is 5.82 Å². The molecular formula is C14H13N5O2. The first-order valence-corrected chi connectivity index (χ1v) is 6.32. The highest BCUT2D eigenvalue weighted by atomic mass is 16.5. The van der Waals surface area contributed by atoms with E-state index in [1.165, 1.54) is 0 Å². The Labute approximate surface area is 120 Å². The van der Waals surface area contributed by atoms with Crippen molar-refractivity contribution in [3.63, 3.8) is 0 Å². The van der Waals surface area contributed by atoms with Crippen molar-refractivity contribution in [3.05, 3.63) is 48.0 Å². The van der Waals surface area contributed by atoms with Gasteiger partial charge in [-0.3, -0.25) is 14.5 Å². The van der Waals surface area contributed by atoms with Crippen molar-refractivity contribution >= 4 is 11.7 Å². The van der Waals surface area contributed by atoms with Crippen LogP contribution in [-0.2, 0) is 7.05 Å². The lowest BCUT2D eigenvalue weighted by Gasteiger charge is -2.01. The molecule has 0 aliphatic rings. The van der Waals surface area contributed by atoms with Gasteiger partial charge in [0.25, 0.3) is 5.91 Å². The van der Waals surface area contributed by atoms with Crippen molar-refractivity contribution in [1.29, 1.82) is 0 Å². The van der Waals surface area contributed by atoms with Gasteiger partial charge in [-0.25, -0.2) is 0 Å². The lowest BCUT2D eigenvalue weighted by molar-refractivity contribution is 0.101. The molecule has 3 heterocycles. The zero-order chi connectivity index (χ0) is 14.8. The number of hydrogen-bond acceptors (Lipinski definition) is 5. The molecule has 1 amide bonds. The van der Waals surface area contributed by atoms with E-state index in [4.69, 9.17) is 4.52 Å². The number of anilines is 1. The Bertz CT molecular complexity index is 776. The molecule has 3 rings (SSSR count). The van der Waals surface area contributed by atoms with Crippen LogP contribution < -0.4 is 5.32 Å². The van der Waals surface area contributed by atoms with Crippen molar-refractivity contribution < 1.29 is 9.32 Å². The molecule has 3 aromatic rings. The number of pyridine rings is 1. The summed E-state index contributed by atoms with van der Waals surface area (Å²) in [7, 11) is 1.76. The molecule has 7 heteroatoms. The molecule has 0 radical (unpaired) electrons. The molecule has 1 N–H and O–H groups in total. The largest absolute Gasteiger partial charge is 0.355 e. The average molecular weight is 283 g/mol. The van der Waals surface area contributed by atoms with Crippen LogP contribution in [0.5, 0.6) is 0 Å². The van der Waals surface area contributed by atoms with Crippen LogP contribution in [0.2, 0.25) is 0 Å². The average Bonchev–Trinajstić information content (AvgIpc) is 3.07. The molecule has 0 aliphatic heterocycles. The number of carbonyl (C=O) groups is 1. The topological polar surface area (TPSA) is 85.8 Å². The Kier molecular flexibility index (Phi) is 3.23. The number of hydrogen-bond donors (Lipinski definition) is 1. The fourth-order valence-corrected chi connectivity index (χ4v) is 1.93. The van der Waals surface area contributed by atoms with Gasteiger partial charge < -0.3 is 9.84 Å². The van der Waals surface area contributed by atoms with Crippen molar-refractivity contribution in [3.8, 4) is 11.3 Å². The minimum Gasteiger partial charge on any atom is -0.355 e. The third-order valence-corrected chi connectivity index (χ3v) is 2.93. The fourth-order valence-electron chi connectivity index (χ4n) is 1.93. The van der Waals surface area contributed by atoms with E-state index in [9.17, 15) is 4.79 Å². The Morgan fingerprint density at radius 2 is 2.24 bits per heavy atom. The Hall–Kier alpha value is -2.96. The van der Waals surface area contributed by atoms with Gasteiger partial charge >= 0.3 is 0 Å². The van der Waals surface area contributed by atoms with E-state index in [1.54, 1.807) is 42.3 Å². The van der Waals surface area contributed by atoms with E-state index in [2.05, 4.69) is 20.6 Å². The van der Waals surface area contributed by atoms with Crippen LogP contribution in [-0.4, -0.2) is 25.8 Å². The Balaban J connectivity index is 1.80. The Morgan fingerprint density at radius 1 is 1.38 bits per heavy atom. The van der Waals surface area contributed by atoms with Gasteiger partial charge in [0.1, 0.15) is 5.82 Å². The molecule has 0 fully saturated rings. The van der Waals surface area contributed by atoms with Gasteiger partial charge in [0.05, 0.1) is 5.69 Å². The molecule has 0 saturated carbocycles. The lowest BCUT2D eigenvalue weighted by atomic mass is 10.2. The maximum Gasteiger partial charge on any atom is 0.279 e. The summed E-state index contributed by atoms with van der Waals surface area (Å²) in [6.45, 7) is 1.85. The van der Waals surface area contributed by atoms with Gasteiger partial charge in [0.2, 0.25) is 0 Å². The van der Waals surface area contributed by atoms with Gasteiger partial charge in [-0.1, -0.05) is 5.16 Å². The summed E-state index contributed by atoms with van der Waals surface area (Å²) in [6, 6.07) is 6.98. The number of aromatic nitrogens is 4. The highest BCUT2D eigenvalue weighted by molar-refractivity contribution is 6.02. The van der Waals surface area contributed by atoms with E-state index in [1.807, 2.05) is 13.0 Å². The van der Waals surface area contributed by atoms with E-state index in [-0.39, 0.29) is 11.6 Å². The third kappa shape index (κ3) is 2.66. The first kappa shape index (κ1) is 13.0. The number of carbonyl (C=O) groups excluding carboxylic acids is 1. The zero-order valence-corrected chi connectivity index (χ0v) is 11.6. The van der Waals surface area contributed by atoms with Crippen molar-refractivity contribution in [2.75, 3.05) is 5.32 Å². The highest BCUT2D eigenvalue weighted by Crippen LogP contribution is 2.19. The monoisotopic (exact) mass is 283 g/mol. The van der Waals surface area contributed by atoms with E-state index in [0.29, 0.717) is 11.6 Å². The predicted octanol–water partition coefficient (Wildman–Crippen LogP) is 2.03. The molecule has 3 aromatic heterocycles. The number of aryl methyl sites for hydroxylation is 2. The van der Waals surface area contributed by atoms with Gasteiger partial charge in [-0.2, -0.15) is 5.10 Å². The molecule has 0 bridgehead atoms. The molecule has 106 valence electrons.